The fraction of sp³-hybridized carbons (Fsp3) is 0.550. The summed E-state index contributed by atoms with van der Waals surface area (Å²) in [4.78, 5) is 14.9. The normalized spacial score (nSPS) is 18.8. The first-order valence-corrected chi connectivity index (χ1v) is 9.35. The molecule has 1 saturated heterocycles. The van der Waals surface area contributed by atoms with Crippen LogP contribution in [0.5, 0.6) is 0 Å². The summed E-state index contributed by atoms with van der Waals surface area (Å²) < 4.78 is 2.27. The number of nitrogens with zero attached hydrogens (tertiary/aromatic N) is 2. The molecule has 0 aliphatic carbocycles. The van der Waals surface area contributed by atoms with Gasteiger partial charge in [-0.2, -0.15) is 0 Å². The molecule has 1 amide bonds. The zero-order valence-corrected chi connectivity index (χ0v) is 14.7. The molecule has 4 nitrogen and oxygen atoms in total. The predicted molar refractivity (Wildman–Crippen MR) is 99.1 cm³/mol. The molecule has 1 fully saturated rings. The third-order valence-corrected chi connectivity index (χ3v) is 4.98. The second-order valence-corrected chi connectivity index (χ2v) is 6.76. The van der Waals surface area contributed by atoms with Crippen molar-refractivity contribution in [3.05, 3.63) is 36.5 Å². The summed E-state index contributed by atoms with van der Waals surface area (Å²) in [7, 11) is 0. The summed E-state index contributed by atoms with van der Waals surface area (Å²) in [6.07, 6.45) is 7.62. The number of carbonyl (C=O) groups excluding carboxylic acids is 1. The minimum absolute atomic E-state index is 0.0890. The number of hydrogen-bond donors (Lipinski definition) is 1. The van der Waals surface area contributed by atoms with Gasteiger partial charge in [-0.25, -0.2) is 0 Å². The van der Waals surface area contributed by atoms with Crippen LogP contribution in [0.1, 0.15) is 39.0 Å². The van der Waals surface area contributed by atoms with Gasteiger partial charge in [-0.15, -0.1) is 0 Å². The molecule has 24 heavy (non-hydrogen) atoms. The van der Waals surface area contributed by atoms with Gasteiger partial charge >= 0.3 is 0 Å². The van der Waals surface area contributed by atoms with E-state index in [0.29, 0.717) is 0 Å². The van der Waals surface area contributed by atoms with Gasteiger partial charge < -0.3 is 9.88 Å². The third kappa shape index (κ3) is 3.99. The molecule has 3 rings (SSSR count). The molecule has 1 aromatic heterocycles. The summed E-state index contributed by atoms with van der Waals surface area (Å²) in [6, 6.07) is 10.7. The fourth-order valence-electron chi connectivity index (χ4n) is 3.76. The van der Waals surface area contributed by atoms with Gasteiger partial charge in [-0.1, -0.05) is 31.5 Å². The van der Waals surface area contributed by atoms with Crippen LogP contribution in [0.15, 0.2) is 36.5 Å². The van der Waals surface area contributed by atoms with Crippen molar-refractivity contribution in [2.45, 2.75) is 51.6 Å². The topological polar surface area (TPSA) is 37.3 Å². The van der Waals surface area contributed by atoms with Gasteiger partial charge in [0.25, 0.3) is 0 Å². The molecular formula is C20H29N3O. The summed E-state index contributed by atoms with van der Waals surface area (Å²) in [6.45, 7) is 5.98. The molecule has 1 atom stereocenters. The second kappa shape index (κ2) is 8.34. The molecule has 1 N–H and O–H groups in total. The lowest BCUT2D eigenvalue weighted by molar-refractivity contribution is -0.127. The maximum Gasteiger partial charge on any atom is 0.237 e. The standard InChI is InChI=1S/C20H29N3O/c1-2-13-22-14-6-5-10-19(22)20(24)21-12-7-15-23-16-11-17-8-3-4-9-18(17)23/h3-4,8-9,11,16,19H,2,5-7,10,12-15H2,1H3,(H,21,24). The van der Waals surface area contributed by atoms with Crippen LogP contribution >= 0.6 is 0 Å². The Labute approximate surface area is 144 Å². The second-order valence-electron chi connectivity index (χ2n) is 6.76. The van der Waals surface area contributed by atoms with E-state index in [-0.39, 0.29) is 11.9 Å². The van der Waals surface area contributed by atoms with Crippen molar-refractivity contribution < 1.29 is 4.79 Å². The van der Waals surface area contributed by atoms with Gasteiger partial charge in [-0.05, 0) is 56.3 Å². The van der Waals surface area contributed by atoms with Gasteiger partial charge in [-0.3, -0.25) is 9.69 Å². The van der Waals surface area contributed by atoms with Crippen molar-refractivity contribution in [3.8, 4) is 0 Å². The molecule has 1 unspecified atom stereocenters. The zero-order chi connectivity index (χ0) is 16.8. The van der Waals surface area contributed by atoms with E-state index >= 15 is 0 Å². The predicted octanol–water partition coefficient (Wildman–Crippen LogP) is 3.41. The summed E-state index contributed by atoms with van der Waals surface area (Å²) in [5.41, 5.74) is 1.27. The first-order valence-electron chi connectivity index (χ1n) is 9.35. The lowest BCUT2D eigenvalue weighted by atomic mass is 10.0. The van der Waals surface area contributed by atoms with Crippen molar-refractivity contribution in [1.82, 2.24) is 14.8 Å². The number of aromatic nitrogens is 1. The molecule has 2 aromatic rings. The molecule has 0 radical (unpaired) electrons. The molecule has 1 aliphatic heterocycles. The highest BCUT2D eigenvalue weighted by molar-refractivity contribution is 5.82. The zero-order valence-electron chi connectivity index (χ0n) is 14.7. The summed E-state index contributed by atoms with van der Waals surface area (Å²) >= 11 is 0. The van der Waals surface area contributed by atoms with E-state index in [1.54, 1.807) is 0 Å². The Morgan fingerprint density at radius 3 is 2.96 bits per heavy atom. The molecule has 0 bridgehead atoms. The number of amides is 1. The number of rotatable bonds is 7. The number of fused-ring (bicyclic) bond motifs is 1. The first kappa shape index (κ1) is 17.0. The Hall–Kier alpha value is -1.81. The van der Waals surface area contributed by atoms with Crippen molar-refractivity contribution in [2.75, 3.05) is 19.6 Å². The quantitative estimate of drug-likeness (QED) is 0.791. The van der Waals surface area contributed by atoms with Gasteiger partial charge in [0.1, 0.15) is 0 Å². The first-order chi connectivity index (χ1) is 11.8. The largest absolute Gasteiger partial charge is 0.355 e. The Balaban J connectivity index is 1.46. The average molecular weight is 327 g/mol. The van der Waals surface area contributed by atoms with Crippen molar-refractivity contribution in [1.29, 1.82) is 0 Å². The van der Waals surface area contributed by atoms with E-state index in [9.17, 15) is 4.79 Å². The number of likely N-dealkylation sites (tertiary alicyclic amines) is 1. The minimum Gasteiger partial charge on any atom is -0.355 e. The van der Waals surface area contributed by atoms with Crippen LogP contribution in [-0.4, -0.2) is 41.1 Å². The lowest BCUT2D eigenvalue weighted by Gasteiger charge is -2.34. The molecule has 4 heteroatoms. The summed E-state index contributed by atoms with van der Waals surface area (Å²) in [5, 5.41) is 4.43. The van der Waals surface area contributed by atoms with Crippen LogP contribution in [0.3, 0.4) is 0 Å². The van der Waals surface area contributed by atoms with Gasteiger partial charge in [0, 0.05) is 24.8 Å². The van der Waals surface area contributed by atoms with Gasteiger partial charge in [0.2, 0.25) is 5.91 Å². The molecule has 0 saturated carbocycles. The maximum atomic E-state index is 12.5. The number of benzene rings is 1. The van der Waals surface area contributed by atoms with E-state index < -0.39 is 0 Å². The average Bonchev–Trinajstić information content (AvgIpc) is 3.02. The van der Waals surface area contributed by atoms with Crippen LogP contribution in [-0.2, 0) is 11.3 Å². The Morgan fingerprint density at radius 2 is 2.08 bits per heavy atom. The SMILES string of the molecule is CCCN1CCCCC1C(=O)NCCCn1ccc2ccccc21. The van der Waals surface area contributed by atoms with Crippen molar-refractivity contribution in [3.63, 3.8) is 0 Å². The molecule has 130 valence electrons. The highest BCUT2D eigenvalue weighted by atomic mass is 16.2. The van der Waals surface area contributed by atoms with E-state index in [1.807, 2.05) is 0 Å². The van der Waals surface area contributed by atoms with Crippen LogP contribution in [0.25, 0.3) is 10.9 Å². The Morgan fingerprint density at radius 1 is 1.21 bits per heavy atom. The third-order valence-electron chi connectivity index (χ3n) is 4.98. The van der Waals surface area contributed by atoms with Crippen LogP contribution in [0, 0.1) is 0 Å². The number of nitrogens with one attached hydrogen (secondary N) is 1. The van der Waals surface area contributed by atoms with Crippen molar-refractivity contribution >= 4 is 16.8 Å². The maximum absolute atomic E-state index is 12.5. The molecule has 1 aromatic carbocycles. The van der Waals surface area contributed by atoms with Crippen LogP contribution in [0.4, 0.5) is 0 Å². The Kier molecular flexibility index (Phi) is 5.91. The smallest absolute Gasteiger partial charge is 0.237 e. The number of para-hydroxylation sites is 1. The van der Waals surface area contributed by atoms with E-state index in [4.69, 9.17) is 0 Å². The van der Waals surface area contributed by atoms with Crippen LogP contribution in [0.2, 0.25) is 0 Å². The van der Waals surface area contributed by atoms with E-state index in [1.165, 1.54) is 23.7 Å². The van der Waals surface area contributed by atoms with Crippen LogP contribution < -0.4 is 5.32 Å². The number of hydrogen-bond acceptors (Lipinski definition) is 2. The molecule has 2 heterocycles. The number of carbonyl (C=O) groups is 1. The Bertz CT molecular complexity index is 662. The monoisotopic (exact) mass is 327 g/mol. The van der Waals surface area contributed by atoms with Gasteiger partial charge in [0.15, 0.2) is 0 Å². The fourth-order valence-corrected chi connectivity index (χ4v) is 3.76. The lowest BCUT2D eigenvalue weighted by Crippen LogP contribution is -2.49. The highest BCUT2D eigenvalue weighted by Crippen LogP contribution is 2.18. The van der Waals surface area contributed by atoms with Crippen molar-refractivity contribution in [2.24, 2.45) is 0 Å². The number of aryl methyl sites for hydroxylation is 1. The van der Waals surface area contributed by atoms with E-state index in [2.05, 4.69) is 58.2 Å². The minimum atomic E-state index is 0.0890. The number of piperidine rings is 1. The molecule has 0 spiro atoms. The highest BCUT2D eigenvalue weighted by Gasteiger charge is 2.27. The summed E-state index contributed by atoms with van der Waals surface area (Å²) in [5.74, 6) is 0.223. The molecular weight excluding hydrogens is 298 g/mol. The molecule has 1 aliphatic rings. The van der Waals surface area contributed by atoms with E-state index in [0.717, 1.165) is 45.4 Å². The van der Waals surface area contributed by atoms with Gasteiger partial charge in [0.05, 0.1) is 6.04 Å².